The van der Waals surface area contributed by atoms with E-state index < -0.39 is 0 Å². The van der Waals surface area contributed by atoms with Crippen molar-refractivity contribution in [2.45, 2.75) is 26.2 Å². The highest BCUT2D eigenvalue weighted by Crippen LogP contribution is 2.21. The number of benzene rings is 1. The van der Waals surface area contributed by atoms with Gasteiger partial charge in [0.2, 0.25) is 0 Å². The Bertz CT molecular complexity index is 451. The van der Waals surface area contributed by atoms with Crippen molar-refractivity contribution in [3.05, 3.63) is 29.8 Å². The van der Waals surface area contributed by atoms with E-state index in [4.69, 9.17) is 19.9 Å². The average molecular weight is 338 g/mol. The van der Waals surface area contributed by atoms with Gasteiger partial charge in [0.25, 0.3) is 5.91 Å². The van der Waals surface area contributed by atoms with Crippen molar-refractivity contribution in [1.29, 1.82) is 0 Å². The third kappa shape index (κ3) is 8.86. The molecule has 1 atom stereocenters. The SMILES string of the molecule is CCC(C)c1ccc(OCC(=O)NCCOCCOCCN)cc1. The maximum atomic E-state index is 11.7. The van der Waals surface area contributed by atoms with E-state index in [1.54, 1.807) is 0 Å². The van der Waals surface area contributed by atoms with E-state index in [1.165, 1.54) is 5.56 Å². The maximum absolute atomic E-state index is 11.7. The monoisotopic (exact) mass is 338 g/mol. The average Bonchev–Trinajstić information content (AvgIpc) is 2.62. The van der Waals surface area contributed by atoms with Gasteiger partial charge in [-0.3, -0.25) is 4.79 Å². The Balaban J connectivity index is 2.09. The lowest BCUT2D eigenvalue weighted by Gasteiger charge is -2.11. The van der Waals surface area contributed by atoms with Crippen LogP contribution in [0.2, 0.25) is 0 Å². The molecule has 0 fully saturated rings. The van der Waals surface area contributed by atoms with Gasteiger partial charge in [0.1, 0.15) is 5.75 Å². The quantitative estimate of drug-likeness (QED) is 0.535. The third-order valence-corrected chi connectivity index (χ3v) is 3.63. The standard InChI is InChI=1S/C18H30N2O4/c1-3-15(2)16-4-6-17(7-5-16)24-14-18(21)20-9-11-23-13-12-22-10-8-19/h4-7,15H,3,8-14,19H2,1-2H3,(H,20,21). The number of amides is 1. The van der Waals surface area contributed by atoms with Crippen molar-refractivity contribution < 1.29 is 19.0 Å². The first kappa shape index (κ1) is 20.4. The third-order valence-electron chi connectivity index (χ3n) is 3.63. The number of carbonyl (C=O) groups excluding carboxylic acids is 1. The van der Waals surface area contributed by atoms with Crippen molar-refractivity contribution >= 4 is 5.91 Å². The van der Waals surface area contributed by atoms with Crippen LogP contribution in [-0.2, 0) is 14.3 Å². The summed E-state index contributed by atoms with van der Waals surface area (Å²) >= 11 is 0. The van der Waals surface area contributed by atoms with Crippen LogP contribution in [0.15, 0.2) is 24.3 Å². The number of ether oxygens (including phenoxy) is 3. The molecule has 0 radical (unpaired) electrons. The minimum absolute atomic E-state index is 0.00227. The Morgan fingerprint density at radius 2 is 1.79 bits per heavy atom. The zero-order chi connectivity index (χ0) is 17.6. The largest absolute Gasteiger partial charge is 0.484 e. The second-order valence-corrected chi connectivity index (χ2v) is 5.53. The van der Waals surface area contributed by atoms with E-state index in [-0.39, 0.29) is 12.5 Å². The van der Waals surface area contributed by atoms with Crippen LogP contribution >= 0.6 is 0 Å². The smallest absolute Gasteiger partial charge is 0.258 e. The minimum Gasteiger partial charge on any atom is -0.484 e. The van der Waals surface area contributed by atoms with Crippen LogP contribution in [0.1, 0.15) is 31.7 Å². The fourth-order valence-electron chi connectivity index (χ4n) is 2.00. The van der Waals surface area contributed by atoms with Crippen LogP contribution in [-0.4, -0.2) is 52.0 Å². The van der Waals surface area contributed by atoms with Gasteiger partial charge in [-0.1, -0.05) is 26.0 Å². The van der Waals surface area contributed by atoms with Crippen LogP contribution in [0.25, 0.3) is 0 Å². The minimum atomic E-state index is -0.163. The van der Waals surface area contributed by atoms with Crippen molar-refractivity contribution in [2.24, 2.45) is 5.73 Å². The summed E-state index contributed by atoms with van der Waals surface area (Å²) in [5, 5.41) is 2.74. The normalized spacial score (nSPS) is 12.0. The molecule has 1 aromatic carbocycles. The number of hydrogen-bond donors (Lipinski definition) is 2. The molecule has 1 unspecified atom stereocenters. The van der Waals surface area contributed by atoms with E-state index >= 15 is 0 Å². The molecule has 0 aliphatic carbocycles. The van der Waals surface area contributed by atoms with Crippen molar-refractivity contribution in [3.8, 4) is 5.75 Å². The second-order valence-electron chi connectivity index (χ2n) is 5.53. The van der Waals surface area contributed by atoms with Gasteiger partial charge in [0.05, 0.1) is 26.4 Å². The molecular formula is C18H30N2O4. The Hall–Kier alpha value is -1.63. The van der Waals surface area contributed by atoms with Gasteiger partial charge in [-0.25, -0.2) is 0 Å². The molecule has 0 heterocycles. The lowest BCUT2D eigenvalue weighted by molar-refractivity contribution is -0.123. The molecule has 0 aliphatic rings. The molecular weight excluding hydrogens is 308 g/mol. The molecule has 136 valence electrons. The molecule has 0 aliphatic heterocycles. The molecule has 1 amide bonds. The zero-order valence-corrected chi connectivity index (χ0v) is 14.8. The van der Waals surface area contributed by atoms with Crippen molar-refractivity contribution in [1.82, 2.24) is 5.32 Å². The van der Waals surface area contributed by atoms with Gasteiger partial charge in [-0.15, -0.1) is 0 Å². The molecule has 0 spiro atoms. The van der Waals surface area contributed by atoms with Crippen LogP contribution in [0.4, 0.5) is 0 Å². The summed E-state index contributed by atoms with van der Waals surface area (Å²) in [6.07, 6.45) is 1.10. The summed E-state index contributed by atoms with van der Waals surface area (Å²) < 4.78 is 16.0. The number of nitrogens with two attached hydrogens (primary N) is 1. The summed E-state index contributed by atoms with van der Waals surface area (Å²) in [7, 11) is 0. The van der Waals surface area contributed by atoms with E-state index in [9.17, 15) is 4.79 Å². The van der Waals surface area contributed by atoms with Gasteiger partial charge < -0.3 is 25.3 Å². The highest BCUT2D eigenvalue weighted by atomic mass is 16.5. The van der Waals surface area contributed by atoms with E-state index in [0.717, 1.165) is 6.42 Å². The van der Waals surface area contributed by atoms with Crippen LogP contribution in [0.3, 0.4) is 0 Å². The number of nitrogens with one attached hydrogen (secondary N) is 1. The summed E-state index contributed by atoms with van der Waals surface area (Å²) in [6.45, 7) is 7.31. The Kier molecular flexibility index (Phi) is 10.8. The molecule has 0 saturated heterocycles. The van der Waals surface area contributed by atoms with Gasteiger partial charge in [-0.05, 0) is 30.0 Å². The summed E-state index contributed by atoms with van der Waals surface area (Å²) in [6, 6.07) is 7.89. The van der Waals surface area contributed by atoms with E-state index in [0.29, 0.717) is 51.2 Å². The highest BCUT2D eigenvalue weighted by Gasteiger charge is 2.05. The Labute approximate surface area is 144 Å². The molecule has 0 bridgehead atoms. The fraction of sp³-hybridized carbons (Fsp3) is 0.611. The molecule has 0 aromatic heterocycles. The first-order valence-electron chi connectivity index (χ1n) is 8.52. The Morgan fingerprint density at radius 3 is 2.42 bits per heavy atom. The number of rotatable bonds is 13. The first-order chi connectivity index (χ1) is 11.7. The molecule has 0 saturated carbocycles. The van der Waals surface area contributed by atoms with Gasteiger partial charge >= 0.3 is 0 Å². The molecule has 6 nitrogen and oxygen atoms in total. The lowest BCUT2D eigenvalue weighted by atomic mass is 9.99. The zero-order valence-electron chi connectivity index (χ0n) is 14.8. The van der Waals surface area contributed by atoms with Gasteiger partial charge in [0, 0.05) is 13.1 Å². The summed E-state index contributed by atoms with van der Waals surface area (Å²) in [4.78, 5) is 11.7. The topological polar surface area (TPSA) is 82.8 Å². The molecule has 1 aromatic rings. The van der Waals surface area contributed by atoms with E-state index in [2.05, 4.69) is 19.2 Å². The van der Waals surface area contributed by atoms with Crippen LogP contribution < -0.4 is 15.8 Å². The van der Waals surface area contributed by atoms with Crippen LogP contribution in [0.5, 0.6) is 5.75 Å². The maximum Gasteiger partial charge on any atom is 0.258 e. The predicted octanol–water partition coefficient (Wildman–Crippen LogP) is 1.69. The second kappa shape index (κ2) is 12.8. The lowest BCUT2D eigenvalue weighted by Crippen LogP contribution is -2.31. The first-order valence-corrected chi connectivity index (χ1v) is 8.52. The number of carbonyl (C=O) groups is 1. The molecule has 24 heavy (non-hydrogen) atoms. The fourth-order valence-corrected chi connectivity index (χ4v) is 2.00. The summed E-state index contributed by atoms with van der Waals surface area (Å²) in [5.41, 5.74) is 6.58. The van der Waals surface area contributed by atoms with Crippen molar-refractivity contribution in [2.75, 3.05) is 46.1 Å². The number of hydrogen-bond acceptors (Lipinski definition) is 5. The Morgan fingerprint density at radius 1 is 1.12 bits per heavy atom. The van der Waals surface area contributed by atoms with Crippen molar-refractivity contribution in [3.63, 3.8) is 0 Å². The molecule has 1 rings (SSSR count). The van der Waals surface area contributed by atoms with E-state index in [1.807, 2.05) is 24.3 Å². The molecule has 3 N–H and O–H groups in total. The van der Waals surface area contributed by atoms with Gasteiger partial charge in [0.15, 0.2) is 6.61 Å². The molecule has 6 heteroatoms. The highest BCUT2D eigenvalue weighted by molar-refractivity contribution is 5.77. The summed E-state index contributed by atoms with van der Waals surface area (Å²) in [5.74, 6) is 1.07. The van der Waals surface area contributed by atoms with Gasteiger partial charge in [-0.2, -0.15) is 0 Å². The van der Waals surface area contributed by atoms with Crippen LogP contribution in [0, 0.1) is 0 Å². The predicted molar refractivity (Wildman–Crippen MR) is 94.3 cm³/mol.